The van der Waals surface area contributed by atoms with Crippen LogP contribution in [0, 0.1) is 0 Å². The summed E-state index contributed by atoms with van der Waals surface area (Å²) >= 11 is 1.43. The number of ether oxygens (including phenoxy) is 1. The van der Waals surface area contributed by atoms with E-state index in [2.05, 4.69) is 54.1 Å². The number of hydrogen-bond donors (Lipinski definition) is 1. The van der Waals surface area contributed by atoms with E-state index >= 15 is 0 Å². The molecule has 3 heterocycles. The van der Waals surface area contributed by atoms with Crippen LogP contribution in [0.3, 0.4) is 0 Å². The maximum atomic E-state index is 13.0. The molecule has 0 bridgehead atoms. The van der Waals surface area contributed by atoms with E-state index in [1.165, 1.54) is 18.2 Å². The average molecular weight is 493 g/mol. The summed E-state index contributed by atoms with van der Waals surface area (Å²) in [6.45, 7) is 7.15. The monoisotopic (exact) mass is 492 g/mol. The number of hydrogen-bond acceptors (Lipinski definition) is 7. The predicted molar refractivity (Wildman–Crippen MR) is 141 cm³/mol. The van der Waals surface area contributed by atoms with E-state index < -0.39 is 0 Å². The molecular weight excluding hydrogens is 460 g/mol. The van der Waals surface area contributed by atoms with Gasteiger partial charge in [0, 0.05) is 37.6 Å². The third-order valence-electron chi connectivity index (χ3n) is 6.43. The Balaban J connectivity index is 1.28. The first-order valence-corrected chi connectivity index (χ1v) is 13.2. The van der Waals surface area contributed by atoms with E-state index in [1.807, 2.05) is 37.3 Å². The van der Waals surface area contributed by atoms with Gasteiger partial charge in [-0.25, -0.2) is 0 Å². The van der Waals surface area contributed by atoms with Crippen LogP contribution >= 0.6 is 11.8 Å². The predicted octanol–water partition coefficient (Wildman–Crippen LogP) is 4.21. The number of carbonyl (C=O) groups excluding carboxylic acids is 1. The average Bonchev–Trinajstić information content (AvgIpc) is 3.34. The van der Waals surface area contributed by atoms with E-state index in [0.717, 1.165) is 80.4 Å². The first kappa shape index (κ1) is 23.7. The fourth-order valence-corrected chi connectivity index (χ4v) is 5.34. The van der Waals surface area contributed by atoms with E-state index in [4.69, 9.17) is 4.74 Å². The van der Waals surface area contributed by atoms with Crippen LogP contribution in [0.4, 0.5) is 17.3 Å². The van der Waals surface area contributed by atoms with Crippen LogP contribution in [-0.4, -0.2) is 65.3 Å². The van der Waals surface area contributed by atoms with Gasteiger partial charge in [0.1, 0.15) is 0 Å². The Morgan fingerprint density at radius 1 is 0.886 bits per heavy atom. The second-order valence-electron chi connectivity index (χ2n) is 8.90. The molecule has 2 fully saturated rings. The second kappa shape index (κ2) is 11.1. The molecule has 9 heteroatoms. The molecule has 2 aliphatic rings. The SMILES string of the molecule is CC(Sc1nnc(N2CCCCC2)n1-c1ccccc1)C(=O)Nc1ccc(N2CCOCC2)cc1. The lowest BCUT2D eigenvalue weighted by Gasteiger charge is -2.29. The highest BCUT2D eigenvalue weighted by Gasteiger charge is 2.25. The Hall–Kier alpha value is -3.04. The van der Waals surface area contributed by atoms with Crippen LogP contribution in [0.15, 0.2) is 59.8 Å². The summed E-state index contributed by atoms with van der Waals surface area (Å²) in [5.41, 5.74) is 2.94. The Morgan fingerprint density at radius 2 is 1.60 bits per heavy atom. The van der Waals surface area contributed by atoms with Gasteiger partial charge < -0.3 is 19.9 Å². The Labute approximate surface area is 210 Å². The molecule has 0 saturated carbocycles. The van der Waals surface area contributed by atoms with Gasteiger partial charge in [0.25, 0.3) is 0 Å². The first-order chi connectivity index (χ1) is 17.2. The number of nitrogens with one attached hydrogen (secondary N) is 1. The molecule has 1 N–H and O–H groups in total. The zero-order chi connectivity index (χ0) is 24.0. The van der Waals surface area contributed by atoms with Crippen LogP contribution < -0.4 is 15.1 Å². The molecule has 3 aromatic rings. The highest BCUT2D eigenvalue weighted by atomic mass is 32.2. The topological polar surface area (TPSA) is 75.5 Å². The molecule has 0 radical (unpaired) electrons. The summed E-state index contributed by atoms with van der Waals surface area (Å²) < 4.78 is 7.51. The van der Waals surface area contributed by atoms with Crippen LogP contribution in [0.25, 0.3) is 5.69 Å². The second-order valence-corrected chi connectivity index (χ2v) is 10.2. The van der Waals surface area contributed by atoms with Crippen molar-refractivity contribution in [1.82, 2.24) is 14.8 Å². The fourth-order valence-electron chi connectivity index (χ4n) is 4.47. The minimum absolute atomic E-state index is 0.0590. The molecule has 5 rings (SSSR count). The summed E-state index contributed by atoms with van der Waals surface area (Å²) in [5, 5.41) is 12.5. The fraction of sp³-hybridized carbons (Fsp3) is 0.423. The highest BCUT2D eigenvalue weighted by Crippen LogP contribution is 2.31. The minimum Gasteiger partial charge on any atom is -0.378 e. The van der Waals surface area contributed by atoms with Gasteiger partial charge in [-0.05, 0) is 62.6 Å². The van der Waals surface area contributed by atoms with Gasteiger partial charge in [0.2, 0.25) is 11.9 Å². The molecule has 2 saturated heterocycles. The zero-order valence-electron chi connectivity index (χ0n) is 20.1. The van der Waals surface area contributed by atoms with Gasteiger partial charge in [0.15, 0.2) is 5.16 Å². The first-order valence-electron chi connectivity index (χ1n) is 12.3. The Kier molecular flexibility index (Phi) is 7.54. The molecule has 1 unspecified atom stereocenters. The third-order valence-corrected chi connectivity index (χ3v) is 7.47. The number of amides is 1. The van der Waals surface area contributed by atoms with E-state index in [0.29, 0.717) is 0 Å². The number of carbonyl (C=O) groups is 1. The standard InChI is InChI=1S/C26H32N6O2S/c1-20(24(33)27-21-10-12-22(13-11-21)30-16-18-34-19-17-30)35-26-29-28-25(31-14-6-3-7-15-31)32(26)23-8-4-2-5-9-23/h2,4-5,8-13,20H,3,6-7,14-19H2,1H3,(H,27,33). The minimum atomic E-state index is -0.338. The number of anilines is 3. The van der Waals surface area contributed by atoms with Gasteiger partial charge in [-0.3, -0.25) is 9.36 Å². The molecular formula is C26H32N6O2S. The number of benzene rings is 2. The summed E-state index contributed by atoms with van der Waals surface area (Å²) in [5.74, 6) is 0.793. The zero-order valence-corrected chi connectivity index (χ0v) is 20.9. The summed E-state index contributed by atoms with van der Waals surface area (Å²) in [7, 11) is 0. The van der Waals surface area contributed by atoms with Crippen molar-refractivity contribution in [1.29, 1.82) is 0 Å². The van der Waals surface area contributed by atoms with Gasteiger partial charge in [-0.1, -0.05) is 30.0 Å². The quantitative estimate of drug-likeness (QED) is 0.495. The van der Waals surface area contributed by atoms with Crippen LogP contribution in [0.1, 0.15) is 26.2 Å². The largest absolute Gasteiger partial charge is 0.378 e. The smallest absolute Gasteiger partial charge is 0.237 e. The number of para-hydroxylation sites is 1. The van der Waals surface area contributed by atoms with Crippen molar-refractivity contribution in [2.45, 2.75) is 36.6 Å². The molecule has 1 atom stereocenters. The van der Waals surface area contributed by atoms with E-state index in [-0.39, 0.29) is 11.2 Å². The van der Waals surface area contributed by atoms with Crippen LogP contribution in [0.5, 0.6) is 0 Å². The number of nitrogens with zero attached hydrogens (tertiary/aromatic N) is 5. The van der Waals surface area contributed by atoms with Crippen LogP contribution in [0.2, 0.25) is 0 Å². The maximum absolute atomic E-state index is 13.0. The summed E-state index contributed by atoms with van der Waals surface area (Å²) in [6, 6.07) is 18.2. The van der Waals surface area contributed by atoms with Crippen molar-refractivity contribution >= 4 is 35.0 Å². The molecule has 0 aliphatic carbocycles. The van der Waals surface area contributed by atoms with Gasteiger partial charge in [-0.2, -0.15) is 0 Å². The summed E-state index contributed by atoms with van der Waals surface area (Å²) in [6.07, 6.45) is 3.57. The molecule has 1 amide bonds. The molecule has 1 aromatic heterocycles. The molecule has 2 aliphatic heterocycles. The summed E-state index contributed by atoms with van der Waals surface area (Å²) in [4.78, 5) is 17.6. The number of aromatic nitrogens is 3. The Bertz CT molecular complexity index is 1110. The lowest BCUT2D eigenvalue weighted by atomic mass is 10.1. The van der Waals surface area contributed by atoms with Crippen molar-refractivity contribution < 1.29 is 9.53 Å². The molecule has 184 valence electrons. The third kappa shape index (κ3) is 5.62. The highest BCUT2D eigenvalue weighted by molar-refractivity contribution is 8.00. The number of thioether (sulfide) groups is 1. The lowest BCUT2D eigenvalue weighted by Crippen LogP contribution is -2.36. The van der Waals surface area contributed by atoms with Gasteiger partial charge >= 0.3 is 0 Å². The number of morpholine rings is 1. The molecule has 2 aromatic carbocycles. The van der Waals surface area contributed by atoms with E-state index in [1.54, 1.807) is 0 Å². The normalized spacial score (nSPS) is 17.3. The van der Waals surface area contributed by atoms with Crippen molar-refractivity contribution in [3.05, 3.63) is 54.6 Å². The maximum Gasteiger partial charge on any atom is 0.237 e. The molecule has 0 spiro atoms. The van der Waals surface area contributed by atoms with Crippen molar-refractivity contribution in [3.8, 4) is 5.69 Å². The molecule has 35 heavy (non-hydrogen) atoms. The lowest BCUT2D eigenvalue weighted by molar-refractivity contribution is -0.115. The van der Waals surface area contributed by atoms with Crippen LogP contribution in [-0.2, 0) is 9.53 Å². The van der Waals surface area contributed by atoms with Crippen molar-refractivity contribution in [2.24, 2.45) is 0 Å². The van der Waals surface area contributed by atoms with E-state index in [9.17, 15) is 4.79 Å². The van der Waals surface area contributed by atoms with Crippen molar-refractivity contribution in [2.75, 3.05) is 54.5 Å². The van der Waals surface area contributed by atoms with Crippen molar-refractivity contribution in [3.63, 3.8) is 0 Å². The van der Waals surface area contributed by atoms with Gasteiger partial charge in [-0.15, -0.1) is 10.2 Å². The number of rotatable bonds is 7. The van der Waals surface area contributed by atoms with Gasteiger partial charge in [0.05, 0.1) is 24.2 Å². The Morgan fingerprint density at radius 3 is 2.31 bits per heavy atom. The molecule has 8 nitrogen and oxygen atoms in total. The number of piperidine rings is 1.